The van der Waals surface area contributed by atoms with Crippen molar-refractivity contribution in [3.05, 3.63) is 35.1 Å². The number of rotatable bonds is 10. The number of carbonyl (C=O) groups is 3. The van der Waals surface area contributed by atoms with E-state index in [4.69, 9.17) is 26.6 Å². The smallest absolute Gasteiger partial charge is 0.326 e. The molecular formula is C15H16ClN5O6. The molecule has 0 spiro atoms. The van der Waals surface area contributed by atoms with Crippen LogP contribution in [0.5, 0.6) is 5.75 Å². The second-order valence-electron chi connectivity index (χ2n) is 5.39. The number of amides is 1. The number of aromatic nitrogens is 4. The van der Waals surface area contributed by atoms with Crippen LogP contribution in [-0.4, -0.2) is 54.3 Å². The summed E-state index contributed by atoms with van der Waals surface area (Å²) in [5.41, 5.74) is 0. The molecule has 1 aromatic heterocycles. The van der Waals surface area contributed by atoms with Crippen molar-refractivity contribution in [1.29, 1.82) is 0 Å². The van der Waals surface area contributed by atoms with Crippen molar-refractivity contribution in [1.82, 2.24) is 25.5 Å². The van der Waals surface area contributed by atoms with Gasteiger partial charge in [0.05, 0.1) is 0 Å². The summed E-state index contributed by atoms with van der Waals surface area (Å²) in [5.74, 6) is -2.38. The highest BCUT2D eigenvalue weighted by atomic mass is 35.5. The van der Waals surface area contributed by atoms with Gasteiger partial charge in [-0.25, -0.2) is 9.48 Å². The summed E-state index contributed by atoms with van der Waals surface area (Å²) in [4.78, 5) is 33.7. The minimum atomic E-state index is -1.33. The third-order valence-electron chi connectivity index (χ3n) is 3.36. The first kappa shape index (κ1) is 20.1. The molecule has 1 amide bonds. The number of tetrazole rings is 1. The van der Waals surface area contributed by atoms with Gasteiger partial charge in [0.25, 0.3) is 0 Å². The maximum absolute atomic E-state index is 12.0. The predicted octanol–water partition coefficient (Wildman–Crippen LogP) is 0.340. The number of aliphatic carboxylic acids is 2. The van der Waals surface area contributed by atoms with Crippen molar-refractivity contribution >= 4 is 29.4 Å². The number of carbonyl (C=O) groups excluding carboxylic acids is 1. The number of nitrogens with zero attached hydrogens (tertiary/aromatic N) is 4. The van der Waals surface area contributed by atoms with Gasteiger partial charge >= 0.3 is 11.9 Å². The van der Waals surface area contributed by atoms with Crippen LogP contribution in [0.3, 0.4) is 0 Å². The lowest BCUT2D eigenvalue weighted by molar-refractivity contribution is -0.143. The summed E-state index contributed by atoms with van der Waals surface area (Å²) in [6, 6.07) is 5.29. The maximum atomic E-state index is 12.0. The Morgan fingerprint density at radius 2 is 1.93 bits per heavy atom. The van der Waals surface area contributed by atoms with Gasteiger partial charge in [-0.05, 0) is 41.1 Å². The summed E-state index contributed by atoms with van der Waals surface area (Å²) in [5, 5.41) is 31.4. The van der Waals surface area contributed by atoms with Crippen LogP contribution in [-0.2, 0) is 27.5 Å². The SMILES string of the molecule is O=C(O)CCC(NC(=O)Cn1nnnc1COc1ccc(Cl)cc1)C(=O)O. The highest BCUT2D eigenvalue weighted by molar-refractivity contribution is 6.30. The largest absolute Gasteiger partial charge is 0.486 e. The lowest BCUT2D eigenvalue weighted by Crippen LogP contribution is -2.42. The molecule has 0 bridgehead atoms. The maximum Gasteiger partial charge on any atom is 0.326 e. The zero-order valence-corrected chi connectivity index (χ0v) is 14.7. The van der Waals surface area contributed by atoms with Crippen molar-refractivity contribution < 1.29 is 29.3 Å². The van der Waals surface area contributed by atoms with Gasteiger partial charge < -0.3 is 20.3 Å². The summed E-state index contributed by atoms with van der Waals surface area (Å²) >= 11 is 5.79. The zero-order valence-electron chi connectivity index (χ0n) is 13.9. The van der Waals surface area contributed by atoms with E-state index < -0.39 is 23.9 Å². The van der Waals surface area contributed by atoms with Gasteiger partial charge in [-0.1, -0.05) is 11.6 Å². The van der Waals surface area contributed by atoms with E-state index in [1.165, 1.54) is 0 Å². The third kappa shape index (κ3) is 6.55. The molecule has 0 fully saturated rings. The van der Waals surface area contributed by atoms with Crippen LogP contribution in [0, 0.1) is 0 Å². The number of hydrogen-bond acceptors (Lipinski definition) is 7. The molecule has 2 aromatic rings. The van der Waals surface area contributed by atoms with Crippen LogP contribution >= 0.6 is 11.6 Å². The van der Waals surface area contributed by atoms with Gasteiger partial charge in [0.1, 0.15) is 24.9 Å². The van der Waals surface area contributed by atoms with Crippen molar-refractivity contribution in [2.45, 2.75) is 32.0 Å². The molecule has 11 nitrogen and oxygen atoms in total. The Bertz CT molecular complexity index is 809. The molecule has 1 atom stereocenters. The minimum Gasteiger partial charge on any atom is -0.486 e. The van der Waals surface area contributed by atoms with Crippen molar-refractivity contribution in [2.75, 3.05) is 0 Å². The number of nitrogens with one attached hydrogen (secondary N) is 1. The Balaban J connectivity index is 1.92. The van der Waals surface area contributed by atoms with Crippen LogP contribution in [0.15, 0.2) is 24.3 Å². The van der Waals surface area contributed by atoms with E-state index >= 15 is 0 Å². The minimum absolute atomic E-state index is 0.0245. The molecule has 2 rings (SSSR count). The molecule has 0 saturated heterocycles. The Labute approximate surface area is 157 Å². The average Bonchev–Trinajstić information content (AvgIpc) is 3.04. The molecule has 0 saturated carbocycles. The number of ether oxygens (including phenoxy) is 1. The molecule has 27 heavy (non-hydrogen) atoms. The summed E-state index contributed by atoms with van der Waals surface area (Å²) in [6.07, 6.45) is -0.624. The van der Waals surface area contributed by atoms with E-state index in [1.54, 1.807) is 24.3 Å². The molecule has 12 heteroatoms. The molecular weight excluding hydrogens is 382 g/mol. The van der Waals surface area contributed by atoms with Gasteiger partial charge in [-0.2, -0.15) is 0 Å². The van der Waals surface area contributed by atoms with E-state index in [0.717, 1.165) is 4.68 Å². The van der Waals surface area contributed by atoms with Gasteiger partial charge in [0.2, 0.25) is 5.91 Å². The molecule has 3 N–H and O–H groups in total. The van der Waals surface area contributed by atoms with E-state index in [-0.39, 0.29) is 31.8 Å². The van der Waals surface area contributed by atoms with Gasteiger partial charge in [-0.3, -0.25) is 9.59 Å². The van der Waals surface area contributed by atoms with Gasteiger partial charge in [0, 0.05) is 11.4 Å². The molecule has 144 valence electrons. The number of carboxylic acid groups (broad SMARTS) is 2. The fourth-order valence-electron chi connectivity index (χ4n) is 2.03. The first-order valence-corrected chi connectivity index (χ1v) is 8.10. The van der Waals surface area contributed by atoms with Gasteiger partial charge in [-0.15, -0.1) is 5.10 Å². The first-order chi connectivity index (χ1) is 12.8. The van der Waals surface area contributed by atoms with Crippen molar-refractivity contribution in [3.8, 4) is 5.75 Å². The summed E-state index contributed by atoms with van der Waals surface area (Å²) in [7, 11) is 0. The number of halogens is 1. The highest BCUT2D eigenvalue weighted by Gasteiger charge is 2.22. The Morgan fingerprint density at radius 1 is 1.22 bits per heavy atom. The monoisotopic (exact) mass is 397 g/mol. The Hall–Kier alpha value is -3.21. The molecule has 0 radical (unpaired) electrons. The summed E-state index contributed by atoms with van der Waals surface area (Å²) < 4.78 is 6.65. The molecule has 0 aliphatic heterocycles. The topological polar surface area (TPSA) is 157 Å². The van der Waals surface area contributed by atoms with E-state index in [1.807, 2.05) is 0 Å². The van der Waals surface area contributed by atoms with Crippen LogP contribution < -0.4 is 10.1 Å². The van der Waals surface area contributed by atoms with Crippen LogP contribution in [0.4, 0.5) is 0 Å². The van der Waals surface area contributed by atoms with E-state index in [2.05, 4.69) is 20.8 Å². The number of hydrogen-bond donors (Lipinski definition) is 3. The second kappa shape index (κ2) is 9.48. The highest BCUT2D eigenvalue weighted by Crippen LogP contribution is 2.16. The second-order valence-corrected chi connectivity index (χ2v) is 5.82. The predicted molar refractivity (Wildman–Crippen MR) is 90.0 cm³/mol. The fourth-order valence-corrected chi connectivity index (χ4v) is 2.16. The van der Waals surface area contributed by atoms with Crippen LogP contribution in [0.2, 0.25) is 5.02 Å². The van der Waals surface area contributed by atoms with Crippen molar-refractivity contribution in [3.63, 3.8) is 0 Å². The lowest BCUT2D eigenvalue weighted by atomic mass is 10.1. The number of benzene rings is 1. The standard InChI is InChI=1S/C15H16ClN5O6/c16-9-1-3-10(4-2-9)27-8-12-18-19-20-21(12)7-13(22)17-11(15(25)26)5-6-14(23)24/h1-4,11H,5-8H2,(H,17,22)(H,23,24)(H,25,26). The summed E-state index contributed by atoms with van der Waals surface area (Å²) in [6.45, 7) is -0.369. The average molecular weight is 398 g/mol. The van der Waals surface area contributed by atoms with Crippen molar-refractivity contribution in [2.24, 2.45) is 0 Å². The van der Waals surface area contributed by atoms with Crippen LogP contribution in [0.1, 0.15) is 18.7 Å². The Kier molecular flexibility index (Phi) is 7.06. The van der Waals surface area contributed by atoms with E-state index in [9.17, 15) is 14.4 Å². The zero-order chi connectivity index (χ0) is 19.8. The van der Waals surface area contributed by atoms with E-state index in [0.29, 0.717) is 10.8 Å². The first-order valence-electron chi connectivity index (χ1n) is 7.72. The van der Waals surface area contributed by atoms with Gasteiger partial charge in [0.15, 0.2) is 5.82 Å². The molecule has 1 aromatic carbocycles. The number of carboxylic acids is 2. The third-order valence-corrected chi connectivity index (χ3v) is 3.61. The molecule has 1 heterocycles. The molecule has 1 unspecified atom stereocenters. The fraction of sp³-hybridized carbons (Fsp3) is 0.333. The van der Waals surface area contributed by atoms with Crippen LogP contribution in [0.25, 0.3) is 0 Å². The Morgan fingerprint density at radius 3 is 2.56 bits per heavy atom. The lowest BCUT2D eigenvalue weighted by Gasteiger charge is -2.13. The normalized spacial score (nSPS) is 11.6. The molecule has 0 aliphatic carbocycles. The molecule has 0 aliphatic rings. The quantitative estimate of drug-likeness (QED) is 0.514.